The Labute approximate surface area is 219 Å². The van der Waals surface area contributed by atoms with Gasteiger partial charge in [0, 0.05) is 45.1 Å². The topological polar surface area (TPSA) is 77.7 Å². The summed E-state index contributed by atoms with van der Waals surface area (Å²) in [6.45, 7) is 6.50. The van der Waals surface area contributed by atoms with E-state index in [0.717, 1.165) is 50.7 Å². The lowest BCUT2D eigenvalue weighted by Crippen LogP contribution is -2.40. The van der Waals surface area contributed by atoms with E-state index in [0.29, 0.717) is 13.1 Å². The smallest absolute Gasteiger partial charge is 0.191 e. The second-order valence-corrected chi connectivity index (χ2v) is 8.42. The first-order valence-corrected chi connectivity index (χ1v) is 11.8. The van der Waals surface area contributed by atoms with Crippen LogP contribution in [0.3, 0.4) is 0 Å². The fourth-order valence-corrected chi connectivity index (χ4v) is 4.17. The molecule has 0 radical (unpaired) electrons. The summed E-state index contributed by atoms with van der Waals surface area (Å²) in [5, 5.41) is 21.5. The number of hydrogen-bond donors (Lipinski definition) is 3. The molecule has 1 unspecified atom stereocenters. The summed E-state index contributed by atoms with van der Waals surface area (Å²) in [6, 6.07) is 18.9. The number of β-amino-alcohol motifs (C(OH)–C–C–N with tert-alkyl or cyclic N) is 1. The summed E-state index contributed by atoms with van der Waals surface area (Å²) in [5.41, 5.74) is 5.10. The normalized spacial score (nSPS) is 14.7. The number of halogens is 1. The molecule has 182 valence electrons. The van der Waals surface area contributed by atoms with Crippen molar-refractivity contribution < 1.29 is 5.11 Å². The van der Waals surface area contributed by atoms with Crippen LogP contribution in [0.4, 0.5) is 0 Å². The van der Waals surface area contributed by atoms with Gasteiger partial charge in [0.25, 0.3) is 0 Å². The zero-order valence-electron chi connectivity index (χ0n) is 19.7. The quantitative estimate of drug-likeness (QED) is 0.208. The monoisotopic (exact) mass is 574 g/mol. The van der Waals surface area contributed by atoms with Gasteiger partial charge in [0.1, 0.15) is 0 Å². The Balaban J connectivity index is 0.00000324. The van der Waals surface area contributed by atoms with Crippen molar-refractivity contribution in [3.8, 4) is 5.69 Å². The van der Waals surface area contributed by atoms with Crippen molar-refractivity contribution in [2.75, 3.05) is 32.7 Å². The van der Waals surface area contributed by atoms with E-state index in [1.54, 1.807) is 6.20 Å². The van der Waals surface area contributed by atoms with Crippen molar-refractivity contribution in [2.24, 2.45) is 4.99 Å². The number of hydrogen-bond acceptors (Lipinski definition) is 4. The minimum atomic E-state index is -0.486. The van der Waals surface area contributed by atoms with Crippen LogP contribution in [0.2, 0.25) is 0 Å². The Bertz CT molecular complexity index is 1020. The van der Waals surface area contributed by atoms with Crippen LogP contribution in [0.1, 0.15) is 23.6 Å². The van der Waals surface area contributed by atoms with E-state index in [2.05, 4.69) is 74.2 Å². The Hall–Kier alpha value is -2.43. The van der Waals surface area contributed by atoms with Crippen LogP contribution in [0.15, 0.2) is 72.0 Å². The Morgan fingerprint density at radius 3 is 2.62 bits per heavy atom. The number of aromatic nitrogens is 2. The summed E-state index contributed by atoms with van der Waals surface area (Å²) in [4.78, 5) is 6.92. The fraction of sp³-hybridized carbons (Fsp3) is 0.385. The highest BCUT2D eigenvalue weighted by Gasteiger charge is 2.18. The van der Waals surface area contributed by atoms with Gasteiger partial charge < -0.3 is 15.7 Å². The molecule has 1 aliphatic heterocycles. The second-order valence-electron chi connectivity index (χ2n) is 8.42. The average molecular weight is 575 g/mol. The number of guanidine groups is 1. The van der Waals surface area contributed by atoms with Crippen LogP contribution in [-0.2, 0) is 19.4 Å². The lowest BCUT2D eigenvalue weighted by molar-refractivity contribution is 0.111. The summed E-state index contributed by atoms with van der Waals surface area (Å²) < 4.78 is 1.85. The van der Waals surface area contributed by atoms with Gasteiger partial charge in [0.15, 0.2) is 5.96 Å². The van der Waals surface area contributed by atoms with E-state index in [1.165, 1.54) is 16.7 Å². The van der Waals surface area contributed by atoms with E-state index in [-0.39, 0.29) is 24.0 Å². The molecular formula is C26H35IN6O. The lowest BCUT2D eigenvalue weighted by Gasteiger charge is -2.30. The zero-order chi connectivity index (χ0) is 22.9. The van der Waals surface area contributed by atoms with Crippen molar-refractivity contribution in [1.29, 1.82) is 0 Å². The molecule has 0 bridgehead atoms. The van der Waals surface area contributed by atoms with Crippen LogP contribution in [-0.4, -0.2) is 64.6 Å². The highest BCUT2D eigenvalue weighted by atomic mass is 127. The number of rotatable bonds is 9. The van der Waals surface area contributed by atoms with E-state index in [1.807, 2.05) is 23.9 Å². The minimum Gasteiger partial charge on any atom is -0.390 e. The number of nitrogens with zero attached hydrogens (tertiary/aromatic N) is 4. The maximum absolute atomic E-state index is 10.6. The Morgan fingerprint density at radius 1 is 1.09 bits per heavy atom. The third-order valence-corrected chi connectivity index (χ3v) is 5.89. The number of aliphatic hydroxyl groups excluding tert-OH is 1. The van der Waals surface area contributed by atoms with Crippen LogP contribution >= 0.6 is 24.0 Å². The first-order chi connectivity index (χ1) is 16.2. The molecule has 34 heavy (non-hydrogen) atoms. The first kappa shape index (κ1) is 26.2. The van der Waals surface area contributed by atoms with Crippen LogP contribution < -0.4 is 10.6 Å². The lowest BCUT2D eigenvalue weighted by atomic mass is 10.00. The molecule has 0 amide bonds. The predicted octanol–water partition coefficient (Wildman–Crippen LogP) is 3.01. The maximum atomic E-state index is 10.6. The Morgan fingerprint density at radius 2 is 1.88 bits per heavy atom. The van der Waals surface area contributed by atoms with Gasteiger partial charge in [-0.2, -0.15) is 5.10 Å². The molecule has 0 saturated heterocycles. The summed E-state index contributed by atoms with van der Waals surface area (Å²) in [6.07, 6.45) is 5.16. The molecule has 1 aromatic heterocycles. The number of fused-ring (bicyclic) bond motifs is 1. The summed E-state index contributed by atoms with van der Waals surface area (Å²) in [7, 11) is 0. The standard InChI is InChI=1S/C26H34N6O.HI/c1-2-27-26(28-15-12-21-8-10-24(11-9-21)32-16-5-14-30-32)29-18-25(33)20-31-17-13-22-6-3-4-7-23(22)19-31;/h3-11,14,16,25,33H,2,12-13,15,17-20H2,1H3,(H2,27,28,29);1H. The van der Waals surface area contributed by atoms with E-state index >= 15 is 0 Å². The number of aliphatic hydroxyl groups is 1. The van der Waals surface area contributed by atoms with Gasteiger partial charge in [0.05, 0.1) is 18.3 Å². The van der Waals surface area contributed by atoms with E-state index < -0.39 is 6.10 Å². The molecule has 0 saturated carbocycles. The molecule has 4 rings (SSSR count). The minimum absolute atomic E-state index is 0. The number of nitrogens with one attached hydrogen (secondary N) is 2. The van der Waals surface area contributed by atoms with Gasteiger partial charge in [-0.25, -0.2) is 4.68 Å². The highest BCUT2D eigenvalue weighted by Crippen LogP contribution is 2.18. The number of aliphatic imine (C=N–C) groups is 1. The van der Waals surface area contributed by atoms with Crippen LogP contribution in [0, 0.1) is 0 Å². The fourth-order valence-electron chi connectivity index (χ4n) is 4.17. The summed E-state index contributed by atoms with van der Waals surface area (Å²) >= 11 is 0. The van der Waals surface area contributed by atoms with Crippen molar-refractivity contribution in [1.82, 2.24) is 25.3 Å². The van der Waals surface area contributed by atoms with Gasteiger partial charge in [-0.3, -0.25) is 9.89 Å². The maximum Gasteiger partial charge on any atom is 0.191 e. The van der Waals surface area contributed by atoms with Crippen LogP contribution in [0.5, 0.6) is 0 Å². The van der Waals surface area contributed by atoms with Gasteiger partial charge >= 0.3 is 0 Å². The second kappa shape index (κ2) is 13.5. The SMILES string of the molecule is CCNC(=NCC(O)CN1CCc2ccccc2C1)NCCc1ccc(-n2cccn2)cc1.I. The van der Waals surface area contributed by atoms with E-state index in [9.17, 15) is 5.11 Å². The predicted molar refractivity (Wildman–Crippen MR) is 148 cm³/mol. The van der Waals surface area contributed by atoms with Gasteiger partial charge in [0.2, 0.25) is 0 Å². The third kappa shape index (κ3) is 7.54. The molecule has 1 atom stereocenters. The molecule has 0 fully saturated rings. The molecule has 7 nitrogen and oxygen atoms in total. The largest absolute Gasteiger partial charge is 0.390 e. The van der Waals surface area contributed by atoms with Crippen molar-refractivity contribution >= 4 is 29.9 Å². The average Bonchev–Trinajstić information content (AvgIpc) is 3.38. The van der Waals surface area contributed by atoms with Crippen molar-refractivity contribution in [2.45, 2.75) is 32.4 Å². The van der Waals surface area contributed by atoms with Crippen molar-refractivity contribution in [3.05, 3.63) is 83.7 Å². The van der Waals surface area contributed by atoms with Gasteiger partial charge in [-0.1, -0.05) is 36.4 Å². The number of benzene rings is 2. The third-order valence-electron chi connectivity index (χ3n) is 5.89. The molecule has 1 aliphatic rings. The molecule has 3 N–H and O–H groups in total. The van der Waals surface area contributed by atoms with E-state index in [4.69, 9.17) is 0 Å². The van der Waals surface area contributed by atoms with Gasteiger partial charge in [-0.15, -0.1) is 24.0 Å². The van der Waals surface area contributed by atoms with Gasteiger partial charge in [-0.05, 0) is 54.7 Å². The highest BCUT2D eigenvalue weighted by molar-refractivity contribution is 14.0. The van der Waals surface area contributed by atoms with Crippen LogP contribution in [0.25, 0.3) is 5.69 Å². The Kier molecular flexibility index (Phi) is 10.4. The zero-order valence-corrected chi connectivity index (χ0v) is 22.1. The molecule has 3 aromatic rings. The molecule has 0 aliphatic carbocycles. The molecule has 2 aromatic carbocycles. The van der Waals surface area contributed by atoms with Crippen molar-refractivity contribution in [3.63, 3.8) is 0 Å². The molecular weight excluding hydrogens is 539 g/mol. The molecule has 0 spiro atoms. The molecule has 2 heterocycles. The molecule has 8 heteroatoms. The first-order valence-electron chi connectivity index (χ1n) is 11.8. The summed E-state index contributed by atoms with van der Waals surface area (Å²) in [5.74, 6) is 0.744.